The predicted molar refractivity (Wildman–Crippen MR) is 142 cm³/mol. The average Bonchev–Trinajstić information content (AvgIpc) is 3.23. The summed E-state index contributed by atoms with van der Waals surface area (Å²) in [5.41, 5.74) is 8.61. The summed E-state index contributed by atoms with van der Waals surface area (Å²) in [4.78, 5) is 14.8. The maximum atomic E-state index is 12.4. The lowest BCUT2D eigenvalue weighted by molar-refractivity contribution is 0.122. The number of likely N-dealkylation sites (N-methyl/N-ethyl adjacent to an activating group) is 1. The van der Waals surface area contributed by atoms with Crippen LogP contribution in [0.2, 0.25) is 0 Å². The summed E-state index contributed by atoms with van der Waals surface area (Å²) in [5.74, 6) is 1.28. The van der Waals surface area contributed by atoms with E-state index in [0.717, 1.165) is 20.9 Å². The highest BCUT2D eigenvalue weighted by molar-refractivity contribution is 7.88. The van der Waals surface area contributed by atoms with Crippen LogP contribution in [0.3, 0.4) is 0 Å². The molecule has 0 radical (unpaired) electrons. The Hall–Kier alpha value is -2.64. The number of morpholine rings is 1. The van der Waals surface area contributed by atoms with Crippen molar-refractivity contribution in [1.82, 2.24) is 19.2 Å². The van der Waals surface area contributed by atoms with E-state index in [0.29, 0.717) is 62.0 Å². The number of ether oxygens (including phenoxy) is 1. The molecule has 2 aromatic heterocycles. The van der Waals surface area contributed by atoms with Crippen molar-refractivity contribution in [3.8, 4) is 11.4 Å². The van der Waals surface area contributed by atoms with Crippen molar-refractivity contribution in [1.29, 1.82) is 5.41 Å². The lowest BCUT2D eigenvalue weighted by Gasteiger charge is -2.28. The summed E-state index contributed by atoms with van der Waals surface area (Å²) in [6.07, 6.45) is 2.46. The van der Waals surface area contributed by atoms with Crippen molar-refractivity contribution in [3.63, 3.8) is 0 Å². The summed E-state index contributed by atoms with van der Waals surface area (Å²) in [5, 5.41) is 7.84. The molecule has 0 spiro atoms. The van der Waals surface area contributed by atoms with Crippen molar-refractivity contribution in [2.45, 2.75) is 6.54 Å². The number of nitrogen functional groups attached to an aromatic ring is 1. The Balaban J connectivity index is 1.81. The molecule has 0 bridgehead atoms. The number of aromatic nitrogens is 2. The van der Waals surface area contributed by atoms with E-state index in [4.69, 9.17) is 25.8 Å². The van der Waals surface area contributed by atoms with Gasteiger partial charge < -0.3 is 25.7 Å². The molecule has 0 amide bonds. The Morgan fingerprint density at radius 3 is 2.63 bits per heavy atom. The minimum Gasteiger partial charge on any atom is -0.398 e. The van der Waals surface area contributed by atoms with Crippen LogP contribution in [-0.4, -0.2) is 93.5 Å². The third-order valence-electron chi connectivity index (χ3n) is 5.84. The largest absolute Gasteiger partial charge is 0.398 e. The standard InChI is InChI=1S/C23H31N7O3S2/c1-28(2)7-8-30(35(3,31)32)15-16-13-20-21(34-16)23(29-9-11-33-12-10-29)27-22(26-20)17-5-4-6-19(25)18(17)14-24/h4-6,13-14,24H,7-12,15,25H2,1-3H3. The number of rotatable bonds is 9. The number of benzene rings is 1. The van der Waals surface area contributed by atoms with Gasteiger partial charge in [-0.05, 0) is 26.2 Å². The lowest BCUT2D eigenvalue weighted by atomic mass is 10.1. The molecule has 4 rings (SSSR count). The van der Waals surface area contributed by atoms with Crippen LogP contribution in [0, 0.1) is 5.41 Å². The summed E-state index contributed by atoms with van der Waals surface area (Å²) in [6, 6.07) is 7.38. The molecule has 12 heteroatoms. The Bertz CT molecular complexity index is 1320. The molecular weight excluding hydrogens is 486 g/mol. The molecule has 0 saturated carbocycles. The van der Waals surface area contributed by atoms with Gasteiger partial charge in [-0.1, -0.05) is 12.1 Å². The van der Waals surface area contributed by atoms with Gasteiger partial charge in [-0.3, -0.25) is 0 Å². The average molecular weight is 518 g/mol. The van der Waals surface area contributed by atoms with Gasteiger partial charge in [-0.25, -0.2) is 18.4 Å². The number of sulfonamides is 1. The molecule has 1 aliphatic heterocycles. The fourth-order valence-electron chi connectivity index (χ4n) is 3.94. The monoisotopic (exact) mass is 517 g/mol. The molecule has 0 aliphatic carbocycles. The van der Waals surface area contributed by atoms with Crippen molar-refractivity contribution < 1.29 is 13.2 Å². The van der Waals surface area contributed by atoms with E-state index < -0.39 is 10.0 Å². The number of thiophene rings is 1. The van der Waals surface area contributed by atoms with E-state index in [9.17, 15) is 8.42 Å². The predicted octanol–water partition coefficient (Wildman–Crippen LogP) is 2.10. The second-order valence-corrected chi connectivity index (χ2v) is 11.9. The van der Waals surface area contributed by atoms with Crippen LogP contribution in [0.4, 0.5) is 11.5 Å². The summed E-state index contributed by atoms with van der Waals surface area (Å²) >= 11 is 1.52. The van der Waals surface area contributed by atoms with Crippen molar-refractivity contribution >= 4 is 49.3 Å². The van der Waals surface area contributed by atoms with Crippen molar-refractivity contribution in [2.24, 2.45) is 0 Å². The van der Waals surface area contributed by atoms with Gasteiger partial charge in [0, 0.05) is 60.6 Å². The van der Waals surface area contributed by atoms with Crippen molar-refractivity contribution in [3.05, 3.63) is 34.7 Å². The van der Waals surface area contributed by atoms with Crippen LogP contribution in [0.25, 0.3) is 21.6 Å². The maximum absolute atomic E-state index is 12.4. The van der Waals surface area contributed by atoms with Gasteiger partial charge in [0.2, 0.25) is 10.0 Å². The smallest absolute Gasteiger partial charge is 0.211 e. The van der Waals surface area contributed by atoms with Crippen LogP contribution >= 0.6 is 11.3 Å². The second kappa shape index (κ2) is 10.5. The Kier molecular flexibility index (Phi) is 7.67. The number of hydrogen-bond acceptors (Lipinski definition) is 10. The zero-order valence-electron chi connectivity index (χ0n) is 20.2. The topological polar surface area (TPSA) is 129 Å². The number of nitrogens with zero attached hydrogens (tertiary/aromatic N) is 5. The highest BCUT2D eigenvalue weighted by atomic mass is 32.2. The fraction of sp³-hybridized carbons (Fsp3) is 0.435. The van der Waals surface area contributed by atoms with Gasteiger partial charge in [-0.2, -0.15) is 4.31 Å². The highest BCUT2D eigenvalue weighted by Crippen LogP contribution is 2.36. The van der Waals surface area contributed by atoms with E-state index in [1.807, 2.05) is 37.2 Å². The Morgan fingerprint density at radius 1 is 1.23 bits per heavy atom. The van der Waals surface area contributed by atoms with Gasteiger partial charge in [0.25, 0.3) is 0 Å². The molecule has 3 heterocycles. The number of fused-ring (bicyclic) bond motifs is 1. The molecule has 3 aromatic rings. The van der Waals surface area contributed by atoms with Crippen LogP contribution in [0.1, 0.15) is 10.4 Å². The van der Waals surface area contributed by atoms with Gasteiger partial charge in [0.15, 0.2) is 11.6 Å². The first kappa shape index (κ1) is 25.5. The summed E-state index contributed by atoms with van der Waals surface area (Å²) in [6.45, 7) is 3.92. The van der Waals surface area contributed by atoms with Crippen LogP contribution in [0.5, 0.6) is 0 Å². The number of nitrogens with two attached hydrogens (primary N) is 1. The Labute approximate surface area is 209 Å². The molecule has 1 fully saturated rings. The maximum Gasteiger partial charge on any atom is 0.211 e. The molecule has 35 heavy (non-hydrogen) atoms. The highest BCUT2D eigenvalue weighted by Gasteiger charge is 2.23. The first-order valence-electron chi connectivity index (χ1n) is 11.3. The van der Waals surface area contributed by atoms with E-state index in [2.05, 4.69) is 4.90 Å². The molecular formula is C23H31N7O3S2. The second-order valence-electron chi connectivity index (χ2n) is 8.75. The Morgan fingerprint density at radius 2 is 1.97 bits per heavy atom. The number of nitrogens with one attached hydrogen (secondary N) is 1. The van der Waals surface area contributed by atoms with E-state index in [1.165, 1.54) is 28.1 Å². The SMILES string of the molecule is CN(C)CCN(Cc1cc2nc(-c3cccc(N)c3C=N)nc(N3CCOCC3)c2s1)S(C)(=O)=O. The zero-order valence-corrected chi connectivity index (χ0v) is 21.8. The molecule has 3 N–H and O–H groups in total. The molecule has 1 saturated heterocycles. The van der Waals surface area contributed by atoms with Crippen molar-refractivity contribution in [2.75, 3.05) is 70.4 Å². The zero-order chi connectivity index (χ0) is 25.2. The van der Waals surface area contributed by atoms with E-state index in [-0.39, 0.29) is 6.54 Å². The minimum absolute atomic E-state index is 0.273. The molecule has 0 atom stereocenters. The van der Waals surface area contributed by atoms with Gasteiger partial charge >= 0.3 is 0 Å². The fourth-order valence-corrected chi connectivity index (χ4v) is 5.94. The van der Waals surface area contributed by atoms with E-state index >= 15 is 0 Å². The first-order valence-corrected chi connectivity index (χ1v) is 14.0. The van der Waals surface area contributed by atoms with Crippen LogP contribution in [0.15, 0.2) is 24.3 Å². The molecule has 0 unspecified atom stereocenters. The van der Waals surface area contributed by atoms with Gasteiger partial charge in [0.1, 0.15) is 0 Å². The quantitative estimate of drug-likeness (QED) is 0.326. The van der Waals surface area contributed by atoms with E-state index in [1.54, 1.807) is 6.07 Å². The molecule has 188 valence electrons. The molecule has 1 aromatic carbocycles. The van der Waals surface area contributed by atoms with Crippen LogP contribution in [-0.2, 0) is 21.3 Å². The number of hydrogen-bond donors (Lipinski definition) is 2. The number of anilines is 2. The lowest BCUT2D eigenvalue weighted by Crippen LogP contribution is -2.36. The minimum atomic E-state index is -3.38. The molecule has 10 nitrogen and oxygen atoms in total. The third kappa shape index (κ3) is 5.78. The first-order chi connectivity index (χ1) is 16.7. The van der Waals surface area contributed by atoms with Gasteiger partial charge in [0.05, 0.1) is 29.7 Å². The normalized spacial score (nSPS) is 14.8. The third-order valence-corrected chi connectivity index (χ3v) is 8.19. The van der Waals surface area contributed by atoms with Gasteiger partial charge in [-0.15, -0.1) is 11.3 Å². The summed E-state index contributed by atoms with van der Waals surface area (Å²) in [7, 11) is 0.462. The summed E-state index contributed by atoms with van der Waals surface area (Å²) < 4.78 is 32.8. The molecule has 1 aliphatic rings. The van der Waals surface area contributed by atoms with Crippen LogP contribution < -0.4 is 10.6 Å².